The fraction of sp³-hybridized carbons (Fsp3) is 0.714. The summed E-state index contributed by atoms with van der Waals surface area (Å²) >= 11 is 0. The molecule has 1 radical (unpaired) electrons. The third kappa shape index (κ3) is 3.11. The van der Waals surface area contributed by atoms with Crippen LogP contribution in [0, 0.1) is 12.3 Å². The molecule has 0 N–H and O–H groups in total. The average Bonchev–Trinajstić information content (AvgIpc) is 1.90. The SMILES string of the molecule is O=C([O-])C1C[CH-]CCC1.[Y]. The summed E-state index contributed by atoms with van der Waals surface area (Å²) in [5.41, 5.74) is 0. The van der Waals surface area contributed by atoms with Crippen molar-refractivity contribution in [2.24, 2.45) is 5.92 Å². The van der Waals surface area contributed by atoms with Crippen molar-refractivity contribution in [3.63, 3.8) is 0 Å². The number of rotatable bonds is 1. The molecule has 1 aliphatic carbocycles. The molecule has 1 rings (SSSR count). The van der Waals surface area contributed by atoms with Crippen molar-refractivity contribution in [1.82, 2.24) is 0 Å². The summed E-state index contributed by atoms with van der Waals surface area (Å²) < 4.78 is 0. The molecule has 0 amide bonds. The molecule has 0 aromatic carbocycles. The summed E-state index contributed by atoms with van der Waals surface area (Å²) in [7, 11) is 0. The molecule has 0 bridgehead atoms. The summed E-state index contributed by atoms with van der Waals surface area (Å²) in [6.07, 6.45) is 5.63. The number of carbonyl (C=O) groups is 1. The first kappa shape index (κ1) is 10.6. The Labute approximate surface area is 86.3 Å². The molecule has 1 aliphatic rings. The third-order valence-electron chi connectivity index (χ3n) is 1.75. The van der Waals surface area contributed by atoms with Crippen molar-refractivity contribution >= 4 is 5.97 Å². The van der Waals surface area contributed by atoms with E-state index >= 15 is 0 Å². The first-order valence-electron chi connectivity index (χ1n) is 3.33. The Balaban J connectivity index is 0.000000810. The van der Waals surface area contributed by atoms with E-state index in [9.17, 15) is 9.90 Å². The summed E-state index contributed by atoms with van der Waals surface area (Å²) in [6, 6.07) is 0. The largest absolute Gasteiger partial charge is 0.550 e. The number of carboxylic acid groups (broad SMARTS) is 1. The first-order valence-corrected chi connectivity index (χ1v) is 3.33. The Kier molecular flexibility index (Phi) is 5.56. The standard InChI is InChI=1S/C7H11O2.Y/c8-7(9)6-4-2-1-3-5-6;/h2,6H,1,3-5H2,(H,8,9);/q-1;/p-1. The van der Waals surface area contributed by atoms with Crippen molar-refractivity contribution < 1.29 is 42.6 Å². The molecule has 55 valence electrons. The predicted molar refractivity (Wildman–Crippen MR) is 31.3 cm³/mol. The van der Waals surface area contributed by atoms with Crippen molar-refractivity contribution in [3.05, 3.63) is 6.42 Å². The number of carboxylic acids is 1. The quantitative estimate of drug-likeness (QED) is 0.583. The minimum atomic E-state index is -0.883. The Morgan fingerprint density at radius 2 is 2.30 bits per heavy atom. The molecule has 1 saturated carbocycles. The van der Waals surface area contributed by atoms with E-state index in [2.05, 4.69) is 0 Å². The topological polar surface area (TPSA) is 40.1 Å². The first-order chi connectivity index (χ1) is 4.30. The van der Waals surface area contributed by atoms with Crippen molar-refractivity contribution in [3.8, 4) is 0 Å². The number of carbonyl (C=O) groups excluding carboxylic acids is 1. The van der Waals surface area contributed by atoms with E-state index in [-0.39, 0.29) is 38.6 Å². The van der Waals surface area contributed by atoms with E-state index in [0.29, 0.717) is 6.42 Å². The maximum absolute atomic E-state index is 10.2. The van der Waals surface area contributed by atoms with Gasteiger partial charge >= 0.3 is 0 Å². The molecular weight excluding hydrogens is 205 g/mol. The molecule has 0 aromatic heterocycles. The van der Waals surface area contributed by atoms with Crippen LogP contribution in [0.15, 0.2) is 0 Å². The van der Waals surface area contributed by atoms with Crippen LogP contribution in [0.3, 0.4) is 0 Å². The van der Waals surface area contributed by atoms with Crippen LogP contribution in [-0.4, -0.2) is 5.97 Å². The molecule has 0 heterocycles. The molecule has 10 heavy (non-hydrogen) atoms. The molecule has 1 fully saturated rings. The third-order valence-corrected chi connectivity index (χ3v) is 1.75. The molecule has 2 nitrogen and oxygen atoms in total. The number of hydrogen-bond acceptors (Lipinski definition) is 2. The maximum atomic E-state index is 10.2. The van der Waals surface area contributed by atoms with Gasteiger partial charge in [0.15, 0.2) is 0 Å². The zero-order chi connectivity index (χ0) is 6.69. The Morgan fingerprint density at radius 1 is 1.60 bits per heavy atom. The Hall–Kier alpha value is 0.574. The molecular formula is C7H10O2Y-2. The van der Waals surface area contributed by atoms with E-state index in [1.807, 2.05) is 6.42 Å². The fourth-order valence-electron chi connectivity index (χ4n) is 1.16. The van der Waals surface area contributed by atoms with Crippen LogP contribution < -0.4 is 5.11 Å². The summed E-state index contributed by atoms with van der Waals surface area (Å²) in [5.74, 6) is -1.08. The van der Waals surface area contributed by atoms with Gasteiger partial charge < -0.3 is 16.3 Å². The second-order valence-corrected chi connectivity index (χ2v) is 2.47. The Bertz CT molecular complexity index is 108. The van der Waals surface area contributed by atoms with E-state index in [1.54, 1.807) is 0 Å². The zero-order valence-corrected chi connectivity index (χ0v) is 8.72. The second-order valence-electron chi connectivity index (χ2n) is 2.47. The van der Waals surface area contributed by atoms with E-state index in [1.165, 1.54) is 0 Å². The van der Waals surface area contributed by atoms with Gasteiger partial charge in [-0.2, -0.15) is 12.8 Å². The van der Waals surface area contributed by atoms with Crippen molar-refractivity contribution in [1.29, 1.82) is 0 Å². The molecule has 0 aliphatic heterocycles. The molecule has 1 atom stereocenters. The summed E-state index contributed by atoms with van der Waals surface area (Å²) in [5, 5.41) is 10.2. The minimum Gasteiger partial charge on any atom is -0.550 e. The van der Waals surface area contributed by atoms with Gasteiger partial charge in [-0.1, -0.05) is 12.8 Å². The van der Waals surface area contributed by atoms with E-state index in [0.717, 1.165) is 19.3 Å². The summed E-state index contributed by atoms with van der Waals surface area (Å²) in [6.45, 7) is 0. The predicted octanol–water partition coefficient (Wildman–Crippen LogP) is 0.128. The van der Waals surface area contributed by atoms with Gasteiger partial charge in [0.05, 0.1) is 0 Å². The fourth-order valence-corrected chi connectivity index (χ4v) is 1.16. The van der Waals surface area contributed by atoms with Crippen LogP contribution in [0.25, 0.3) is 0 Å². The van der Waals surface area contributed by atoms with Crippen LogP contribution in [0.2, 0.25) is 0 Å². The van der Waals surface area contributed by atoms with Gasteiger partial charge in [-0.3, -0.25) is 0 Å². The van der Waals surface area contributed by atoms with Gasteiger partial charge in [-0.15, -0.1) is 0 Å². The molecule has 0 aromatic rings. The van der Waals surface area contributed by atoms with Crippen molar-refractivity contribution in [2.45, 2.75) is 25.7 Å². The molecule has 0 spiro atoms. The number of hydrogen-bond donors (Lipinski definition) is 0. The van der Waals surface area contributed by atoms with Gasteiger partial charge in [0.2, 0.25) is 0 Å². The van der Waals surface area contributed by atoms with Gasteiger partial charge in [0, 0.05) is 38.7 Å². The smallest absolute Gasteiger partial charge is 0.0419 e. The molecule has 3 heteroatoms. The van der Waals surface area contributed by atoms with Gasteiger partial charge in [-0.05, 0) is 5.92 Å². The maximum Gasteiger partial charge on any atom is 0.0419 e. The van der Waals surface area contributed by atoms with Gasteiger partial charge in [0.25, 0.3) is 0 Å². The van der Waals surface area contributed by atoms with Crippen LogP contribution in [0.5, 0.6) is 0 Å². The monoisotopic (exact) mass is 215 g/mol. The zero-order valence-electron chi connectivity index (χ0n) is 5.88. The molecule has 1 unspecified atom stereocenters. The number of aliphatic carboxylic acids is 1. The molecule has 0 saturated heterocycles. The minimum absolute atomic E-state index is 0. The van der Waals surface area contributed by atoms with Gasteiger partial charge in [-0.25, -0.2) is 0 Å². The average molecular weight is 215 g/mol. The van der Waals surface area contributed by atoms with Crippen LogP contribution in [0.1, 0.15) is 25.7 Å². The van der Waals surface area contributed by atoms with Crippen LogP contribution >= 0.6 is 0 Å². The van der Waals surface area contributed by atoms with Crippen LogP contribution in [-0.2, 0) is 37.5 Å². The second kappa shape index (κ2) is 5.25. The van der Waals surface area contributed by atoms with Gasteiger partial charge in [0.1, 0.15) is 0 Å². The van der Waals surface area contributed by atoms with E-state index < -0.39 is 5.97 Å². The normalized spacial score (nSPS) is 25.0. The Morgan fingerprint density at radius 3 is 2.60 bits per heavy atom. The summed E-state index contributed by atoms with van der Waals surface area (Å²) in [4.78, 5) is 10.2. The van der Waals surface area contributed by atoms with Crippen LogP contribution in [0.4, 0.5) is 0 Å². The van der Waals surface area contributed by atoms with Crippen molar-refractivity contribution in [2.75, 3.05) is 0 Å². The van der Waals surface area contributed by atoms with E-state index in [4.69, 9.17) is 0 Å².